The summed E-state index contributed by atoms with van der Waals surface area (Å²) in [6, 6.07) is 0. The maximum atomic E-state index is 6.29. The van der Waals surface area contributed by atoms with Crippen LogP contribution in [0, 0.1) is 11.8 Å². The average Bonchev–Trinajstić information content (AvgIpc) is 2.90. The summed E-state index contributed by atoms with van der Waals surface area (Å²) < 4.78 is 6.29. The molecular formula is C15H29NO. The predicted octanol–water partition coefficient (Wildman–Crippen LogP) is 3.36. The summed E-state index contributed by atoms with van der Waals surface area (Å²) in [6.45, 7) is 9.10. The summed E-state index contributed by atoms with van der Waals surface area (Å²) in [4.78, 5) is 0. The molecule has 0 amide bonds. The molecule has 1 aliphatic heterocycles. The highest BCUT2D eigenvalue weighted by molar-refractivity contribution is 4.93. The molecule has 0 bridgehead atoms. The van der Waals surface area contributed by atoms with Crippen molar-refractivity contribution in [1.82, 2.24) is 5.32 Å². The number of nitrogens with one attached hydrogen (secondary N) is 1. The van der Waals surface area contributed by atoms with Crippen molar-refractivity contribution in [3.63, 3.8) is 0 Å². The molecule has 17 heavy (non-hydrogen) atoms. The monoisotopic (exact) mass is 239 g/mol. The van der Waals surface area contributed by atoms with Crippen LogP contribution in [-0.2, 0) is 4.74 Å². The van der Waals surface area contributed by atoms with Gasteiger partial charge in [-0.2, -0.15) is 0 Å². The van der Waals surface area contributed by atoms with Gasteiger partial charge in [-0.05, 0) is 44.1 Å². The molecule has 0 aromatic carbocycles. The van der Waals surface area contributed by atoms with E-state index in [2.05, 4.69) is 26.1 Å². The minimum atomic E-state index is 0.302. The van der Waals surface area contributed by atoms with Crippen molar-refractivity contribution in [2.45, 2.75) is 71.0 Å². The number of hydrogen-bond donors (Lipinski definition) is 1. The third-order valence-corrected chi connectivity index (χ3v) is 4.83. The van der Waals surface area contributed by atoms with Gasteiger partial charge in [-0.3, -0.25) is 0 Å². The van der Waals surface area contributed by atoms with E-state index in [1.54, 1.807) is 0 Å². The molecule has 0 aromatic rings. The molecule has 2 aliphatic rings. The van der Waals surface area contributed by atoms with Crippen molar-refractivity contribution in [1.29, 1.82) is 0 Å². The van der Waals surface area contributed by atoms with Gasteiger partial charge in [0.05, 0.1) is 11.7 Å². The Labute approximate surface area is 107 Å². The summed E-state index contributed by atoms with van der Waals surface area (Å²) in [5.74, 6) is 1.53. The summed E-state index contributed by atoms with van der Waals surface area (Å²) in [7, 11) is 0. The van der Waals surface area contributed by atoms with Gasteiger partial charge in [0.2, 0.25) is 0 Å². The van der Waals surface area contributed by atoms with Gasteiger partial charge in [-0.1, -0.05) is 33.6 Å². The third-order valence-electron chi connectivity index (χ3n) is 4.83. The Morgan fingerprint density at radius 2 is 1.88 bits per heavy atom. The predicted molar refractivity (Wildman–Crippen MR) is 72.2 cm³/mol. The van der Waals surface area contributed by atoms with Gasteiger partial charge in [-0.15, -0.1) is 0 Å². The molecule has 1 saturated carbocycles. The van der Waals surface area contributed by atoms with Crippen molar-refractivity contribution in [3.8, 4) is 0 Å². The van der Waals surface area contributed by atoms with Gasteiger partial charge >= 0.3 is 0 Å². The Hall–Kier alpha value is -0.0800. The lowest BCUT2D eigenvalue weighted by Crippen LogP contribution is -2.33. The smallest absolute Gasteiger partial charge is 0.0708 e. The fourth-order valence-corrected chi connectivity index (χ4v) is 3.13. The van der Waals surface area contributed by atoms with Gasteiger partial charge in [0.15, 0.2) is 0 Å². The van der Waals surface area contributed by atoms with Crippen LogP contribution in [-0.4, -0.2) is 24.8 Å². The largest absolute Gasteiger partial charge is 0.370 e. The molecule has 2 atom stereocenters. The molecule has 2 fully saturated rings. The maximum absolute atomic E-state index is 6.29. The first-order chi connectivity index (χ1) is 8.11. The SMILES string of the molecule is CC(C)C(C)CNCC1CCC2(CCCC2)O1. The van der Waals surface area contributed by atoms with E-state index < -0.39 is 0 Å². The van der Waals surface area contributed by atoms with Crippen LogP contribution in [0.1, 0.15) is 59.3 Å². The molecule has 1 spiro atoms. The molecule has 1 saturated heterocycles. The van der Waals surface area contributed by atoms with Crippen molar-refractivity contribution in [2.75, 3.05) is 13.1 Å². The molecule has 1 aliphatic carbocycles. The first kappa shape index (κ1) is 13.4. The molecule has 100 valence electrons. The second-order valence-electron chi connectivity index (χ2n) is 6.55. The topological polar surface area (TPSA) is 21.3 Å². The first-order valence-corrected chi connectivity index (χ1v) is 7.50. The Morgan fingerprint density at radius 1 is 1.18 bits per heavy atom. The summed E-state index contributed by atoms with van der Waals surface area (Å²) in [5.41, 5.74) is 0.302. The van der Waals surface area contributed by atoms with Crippen LogP contribution in [0.4, 0.5) is 0 Å². The molecular weight excluding hydrogens is 210 g/mol. The number of hydrogen-bond acceptors (Lipinski definition) is 2. The minimum absolute atomic E-state index is 0.302. The fourth-order valence-electron chi connectivity index (χ4n) is 3.13. The first-order valence-electron chi connectivity index (χ1n) is 7.50. The van der Waals surface area contributed by atoms with E-state index in [0.29, 0.717) is 11.7 Å². The maximum Gasteiger partial charge on any atom is 0.0708 e. The molecule has 2 nitrogen and oxygen atoms in total. The molecule has 2 rings (SSSR count). The van der Waals surface area contributed by atoms with E-state index in [0.717, 1.165) is 24.9 Å². The third kappa shape index (κ3) is 3.45. The van der Waals surface area contributed by atoms with Crippen LogP contribution >= 0.6 is 0 Å². The van der Waals surface area contributed by atoms with E-state index in [1.165, 1.54) is 38.5 Å². The van der Waals surface area contributed by atoms with Crippen LogP contribution in [0.2, 0.25) is 0 Å². The Morgan fingerprint density at radius 3 is 2.53 bits per heavy atom. The lowest BCUT2D eigenvalue weighted by atomic mass is 9.98. The van der Waals surface area contributed by atoms with Crippen LogP contribution < -0.4 is 5.32 Å². The van der Waals surface area contributed by atoms with Gasteiger partial charge in [-0.25, -0.2) is 0 Å². The zero-order valence-electron chi connectivity index (χ0n) is 11.8. The molecule has 2 unspecified atom stereocenters. The highest BCUT2D eigenvalue weighted by Gasteiger charge is 2.41. The second kappa shape index (κ2) is 5.71. The second-order valence-corrected chi connectivity index (χ2v) is 6.55. The number of rotatable bonds is 5. The van der Waals surface area contributed by atoms with Crippen molar-refractivity contribution in [3.05, 3.63) is 0 Å². The van der Waals surface area contributed by atoms with Gasteiger partial charge in [0.1, 0.15) is 0 Å². The average molecular weight is 239 g/mol. The quantitative estimate of drug-likeness (QED) is 0.794. The minimum Gasteiger partial charge on any atom is -0.370 e. The molecule has 0 aromatic heterocycles. The summed E-state index contributed by atoms with van der Waals surface area (Å²) in [5, 5.41) is 3.59. The molecule has 1 N–H and O–H groups in total. The lowest BCUT2D eigenvalue weighted by molar-refractivity contribution is -0.0353. The zero-order chi connectivity index (χ0) is 12.3. The Kier molecular flexibility index (Phi) is 4.48. The fraction of sp³-hybridized carbons (Fsp3) is 1.00. The van der Waals surface area contributed by atoms with E-state index in [9.17, 15) is 0 Å². The molecule has 1 heterocycles. The van der Waals surface area contributed by atoms with Crippen LogP contribution in [0.3, 0.4) is 0 Å². The van der Waals surface area contributed by atoms with Gasteiger partial charge < -0.3 is 10.1 Å². The Balaban J connectivity index is 1.65. The lowest BCUT2D eigenvalue weighted by Gasteiger charge is -2.24. The normalized spacial score (nSPS) is 29.3. The van der Waals surface area contributed by atoms with Crippen molar-refractivity contribution >= 4 is 0 Å². The van der Waals surface area contributed by atoms with Crippen molar-refractivity contribution in [2.24, 2.45) is 11.8 Å². The summed E-state index contributed by atoms with van der Waals surface area (Å²) >= 11 is 0. The van der Waals surface area contributed by atoms with Gasteiger partial charge in [0, 0.05) is 6.54 Å². The molecule has 0 radical (unpaired) electrons. The standard InChI is InChI=1S/C15H29NO/c1-12(2)13(3)10-16-11-14-6-9-15(17-14)7-4-5-8-15/h12-14,16H,4-11H2,1-3H3. The van der Waals surface area contributed by atoms with Crippen molar-refractivity contribution < 1.29 is 4.74 Å². The summed E-state index contributed by atoms with van der Waals surface area (Å²) in [6.07, 6.45) is 8.43. The van der Waals surface area contributed by atoms with Crippen LogP contribution in [0.15, 0.2) is 0 Å². The van der Waals surface area contributed by atoms with Crippen LogP contribution in [0.25, 0.3) is 0 Å². The van der Waals surface area contributed by atoms with E-state index in [4.69, 9.17) is 4.74 Å². The van der Waals surface area contributed by atoms with E-state index >= 15 is 0 Å². The molecule has 2 heteroatoms. The van der Waals surface area contributed by atoms with Gasteiger partial charge in [0.25, 0.3) is 0 Å². The number of ether oxygens (including phenoxy) is 1. The van der Waals surface area contributed by atoms with Crippen LogP contribution in [0.5, 0.6) is 0 Å². The Bertz CT molecular complexity index is 233. The van der Waals surface area contributed by atoms with E-state index in [1.807, 2.05) is 0 Å². The highest BCUT2D eigenvalue weighted by atomic mass is 16.5. The van der Waals surface area contributed by atoms with E-state index in [-0.39, 0.29) is 0 Å². The highest BCUT2D eigenvalue weighted by Crippen LogP contribution is 2.43. The zero-order valence-corrected chi connectivity index (χ0v) is 11.8.